The molecule has 0 saturated carbocycles. The van der Waals surface area contributed by atoms with E-state index in [2.05, 4.69) is 5.32 Å². The van der Waals surface area contributed by atoms with Gasteiger partial charge < -0.3 is 15.2 Å². The summed E-state index contributed by atoms with van der Waals surface area (Å²) in [7, 11) is 0. The molecule has 1 saturated heterocycles. The Labute approximate surface area is 133 Å². The van der Waals surface area contributed by atoms with Gasteiger partial charge in [0.05, 0.1) is 41.1 Å². The Balaban J connectivity index is 1.95. The summed E-state index contributed by atoms with van der Waals surface area (Å²) >= 11 is 12.0. The van der Waals surface area contributed by atoms with Crippen LogP contribution in [0.3, 0.4) is 0 Å². The number of aliphatic hydroxyl groups is 1. The molecule has 1 aromatic carbocycles. The maximum atomic E-state index is 12.1. The Bertz CT molecular complexity index is 493. The molecule has 0 aromatic heterocycles. The zero-order chi connectivity index (χ0) is 15.4. The normalized spacial score (nSPS) is 23.0. The van der Waals surface area contributed by atoms with Gasteiger partial charge in [-0.3, -0.25) is 9.69 Å². The summed E-state index contributed by atoms with van der Waals surface area (Å²) in [6, 6.07) is 5.05. The highest BCUT2D eigenvalue weighted by Crippen LogP contribution is 2.29. The first kappa shape index (κ1) is 16.5. The number of para-hydroxylation sites is 1. The lowest BCUT2D eigenvalue weighted by Gasteiger charge is -2.35. The van der Waals surface area contributed by atoms with Gasteiger partial charge in [0, 0.05) is 13.1 Å². The van der Waals surface area contributed by atoms with Crippen molar-refractivity contribution < 1.29 is 14.6 Å². The first-order chi connectivity index (χ1) is 9.99. The maximum absolute atomic E-state index is 12.1. The summed E-state index contributed by atoms with van der Waals surface area (Å²) in [4.78, 5) is 14.1. The smallest absolute Gasteiger partial charge is 0.238 e. The van der Waals surface area contributed by atoms with Crippen molar-refractivity contribution >= 4 is 34.8 Å². The summed E-state index contributed by atoms with van der Waals surface area (Å²) < 4.78 is 5.54. The second-order valence-corrected chi connectivity index (χ2v) is 5.90. The molecule has 0 spiro atoms. The molecular weight excluding hydrogens is 315 g/mol. The van der Waals surface area contributed by atoms with Crippen LogP contribution in [0.1, 0.15) is 6.92 Å². The highest BCUT2D eigenvalue weighted by molar-refractivity contribution is 6.39. The van der Waals surface area contributed by atoms with Crippen molar-refractivity contribution in [2.45, 2.75) is 19.1 Å². The number of morpholine rings is 1. The summed E-state index contributed by atoms with van der Waals surface area (Å²) in [5.41, 5.74) is 0.422. The van der Waals surface area contributed by atoms with Crippen LogP contribution in [0, 0.1) is 0 Å². The molecular formula is C14H18Cl2N2O3. The predicted octanol–water partition coefficient (Wildman–Crippen LogP) is 2.01. The van der Waals surface area contributed by atoms with Crippen molar-refractivity contribution in [3.63, 3.8) is 0 Å². The zero-order valence-corrected chi connectivity index (χ0v) is 13.2. The Morgan fingerprint density at radius 1 is 1.43 bits per heavy atom. The standard InChI is InChI=1S/C14H18Cl2N2O3/c1-9-5-18(6-10(8-19)21-9)7-13(20)17-14-11(15)3-2-4-12(14)16/h2-4,9-10,19H,5-8H2,1H3,(H,17,20). The number of nitrogens with one attached hydrogen (secondary N) is 1. The number of halogens is 2. The molecule has 0 bridgehead atoms. The number of benzene rings is 1. The van der Waals surface area contributed by atoms with Gasteiger partial charge in [0.25, 0.3) is 0 Å². The summed E-state index contributed by atoms with van der Waals surface area (Å²) in [6.45, 7) is 3.22. The fourth-order valence-corrected chi connectivity index (χ4v) is 2.86. The van der Waals surface area contributed by atoms with Crippen LogP contribution in [-0.4, -0.2) is 54.4 Å². The summed E-state index contributed by atoms with van der Waals surface area (Å²) in [5.74, 6) is -0.198. The number of carbonyl (C=O) groups is 1. The van der Waals surface area contributed by atoms with E-state index in [1.165, 1.54) is 0 Å². The lowest BCUT2D eigenvalue weighted by molar-refractivity contribution is -0.124. The molecule has 1 heterocycles. The number of anilines is 1. The SMILES string of the molecule is CC1CN(CC(=O)Nc2c(Cl)cccc2Cl)CC(CO)O1. The first-order valence-electron chi connectivity index (χ1n) is 6.72. The summed E-state index contributed by atoms with van der Waals surface area (Å²) in [5, 5.41) is 12.7. The predicted molar refractivity (Wildman–Crippen MR) is 83.0 cm³/mol. The van der Waals surface area contributed by atoms with Crippen molar-refractivity contribution in [3.05, 3.63) is 28.2 Å². The molecule has 2 N–H and O–H groups in total. The topological polar surface area (TPSA) is 61.8 Å². The van der Waals surface area contributed by atoms with Gasteiger partial charge in [-0.15, -0.1) is 0 Å². The third-order valence-corrected chi connectivity index (χ3v) is 3.83. The quantitative estimate of drug-likeness (QED) is 0.885. The van der Waals surface area contributed by atoms with Crippen LogP contribution in [-0.2, 0) is 9.53 Å². The van der Waals surface area contributed by atoms with Crippen molar-refractivity contribution in [2.75, 3.05) is 31.6 Å². The average Bonchev–Trinajstić information content (AvgIpc) is 2.42. The number of aliphatic hydroxyl groups excluding tert-OH is 1. The Morgan fingerprint density at radius 3 is 2.71 bits per heavy atom. The average molecular weight is 333 g/mol. The van der Waals surface area contributed by atoms with Gasteiger partial charge in [0.1, 0.15) is 0 Å². The third-order valence-electron chi connectivity index (χ3n) is 3.20. The van der Waals surface area contributed by atoms with Gasteiger partial charge >= 0.3 is 0 Å². The molecule has 1 aliphatic heterocycles. The Morgan fingerprint density at radius 2 is 2.10 bits per heavy atom. The van der Waals surface area contributed by atoms with Crippen LogP contribution in [0.15, 0.2) is 18.2 Å². The molecule has 5 nitrogen and oxygen atoms in total. The number of rotatable bonds is 4. The number of hydrogen-bond donors (Lipinski definition) is 2. The lowest BCUT2D eigenvalue weighted by atomic mass is 10.2. The van der Waals surface area contributed by atoms with Crippen molar-refractivity contribution in [2.24, 2.45) is 0 Å². The van der Waals surface area contributed by atoms with E-state index in [0.717, 1.165) is 0 Å². The molecule has 0 aliphatic carbocycles. The minimum absolute atomic E-state index is 0.0207. The van der Waals surface area contributed by atoms with E-state index >= 15 is 0 Å². The van der Waals surface area contributed by atoms with E-state index in [9.17, 15) is 9.90 Å². The van der Waals surface area contributed by atoms with E-state index in [1.807, 2.05) is 11.8 Å². The van der Waals surface area contributed by atoms with Gasteiger partial charge in [-0.05, 0) is 19.1 Å². The van der Waals surface area contributed by atoms with E-state index in [4.69, 9.17) is 27.9 Å². The number of amides is 1. The van der Waals surface area contributed by atoms with Gasteiger partial charge in [-0.25, -0.2) is 0 Å². The third kappa shape index (κ3) is 4.56. The van der Waals surface area contributed by atoms with Gasteiger partial charge in [-0.1, -0.05) is 29.3 Å². The van der Waals surface area contributed by atoms with Crippen LogP contribution in [0.25, 0.3) is 0 Å². The second kappa shape index (κ2) is 7.42. The van der Waals surface area contributed by atoms with Crippen LogP contribution < -0.4 is 5.32 Å². The molecule has 2 rings (SSSR count). The minimum Gasteiger partial charge on any atom is -0.394 e. The fourth-order valence-electron chi connectivity index (χ4n) is 2.37. The Kier molecular flexibility index (Phi) is 5.84. The molecule has 116 valence electrons. The maximum Gasteiger partial charge on any atom is 0.238 e. The molecule has 1 fully saturated rings. The van der Waals surface area contributed by atoms with Gasteiger partial charge in [-0.2, -0.15) is 0 Å². The second-order valence-electron chi connectivity index (χ2n) is 5.09. The van der Waals surface area contributed by atoms with E-state index in [1.54, 1.807) is 18.2 Å². The molecule has 2 unspecified atom stereocenters. The molecule has 0 radical (unpaired) electrons. The minimum atomic E-state index is -0.259. The highest BCUT2D eigenvalue weighted by Gasteiger charge is 2.26. The van der Waals surface area contributed by atoms with Crippen molar-refractivity contribution in [3.8, 4) is 0 Å². The van der Waals surface area contributed by atoms with Gasteiger partial charge in [0.15, 0.2) is 0 Å². The first-order valence-corrected chi connectivity index (χ1v) is 7.47. The monoisotopic (exact) mass is 332 g/mol. The van der Waals surface area contributed by atoms with E-state index < -0.39 is 0 Å². The van der Waals surface area contributed by atoms with Crippen LogP contribution in [0.4, 0.5) is 5.69 Å². The molecule has 2 atom stereocenters. The van der Waals surface area contributed by atoms with Gasteiger partial charge in [0.2, 0.25) is 5.91 Å². The molecule has 1 aliphatic rings. The Hall–Kier alpha value is -0.850. The van der Waals surface area contributed by atoms with Crippen molar-refractivity contribution in [1.82, 2.24) is 4.90 Å². The largest absolute Gasteiger partial charge is 0.394 e. The van der Waals surface area contributed by atoms with Crippen LogP contribution >= 0.6 is 23.2 Å². The molecule has 1 aromatic rings. The lowest BCUT2D eigenvalue weighted by Crippen LogP contribution is -2.50. The number of hydrogen-bond acceptors (Lipinski definition) is 4. The number of ether oxygens (including phenoxy) is 1. The van der Waals surface area contributed by atoms with Crippen molar-refractivity contribution in [1.29, 1.82) is 0 Å². The number of carbonyl (C=O) groups excluding carboxylic acids is 1. The van der Waals surface area contributed by atoms with E-state index in [-0.39, 0.29) is 31.3 Å². The zero-order valence-electron chi connectivity index (χ0n) is 11.7. The molecule has 21 heavy (non-hydrogen) atoms. The number of nitrogens with zero attached hydrogens (tertiary/aromatic N) is 1. The summed E-state index contributed by atoms with van der Waals surface area (Å²) in [6.07, 6.45) is -0.280. The van der Waals surface area contributed by atoms with Crippen LogP contribution in [0.5, 0.6) is 0 Å². The molecule has 7 heteroatoms. The molecule has 1 amide bonds. The van der Waals surface area contributed by atoms with Crippen LogP contribution in [0.2, 0.25) is 10.0 Å². The fraction of sp³-hybridized carbons (Fsp3) is 0.500. The highest BCUT2D eigenvalue weighted by atomic mass is 35.5. The van der Waals surface area contributed by atoms with E-state index in [0.29, 0.717) is 28.8 Å².